The number of nitrogens with two attached hydrogens (primary N) is 1. The first kappa shape index (κ1) is 29.0. The van der Waals surface area contributed by atoms with Crippen LogP contribution in [0.5, 0.6) is 23.0 Å². The van der Waals surface area contributed by atoms with Crippen LogP contribution in [0.3, 0.4) is 0 Å². The molecule has 0 saturated carbocycles. The molecule has 39 heavy (non-hydrogen) atoms. The molecular formula is C27H26F2N4O5S. The summed E-state index contributed by atoms with van der Waals surface area (Å²) in [7, 11) is 2.97. The number of benzene rings is 3. The van der Waals surface area contributed by atoms with Gasteiger partial charge in [0.2, 0.25) is 11.8 Å². The first-order valence-corrected chi connectivity index (χ1v) is 12.2. The molecule has 3 aromatic carbocycles. The lowest BCUT2D eigenvalue weighted by molar-refractivity contribution is -0.123. The lowest BCUT2D eigenvalue weighted by Crippen LogP contribution is -2.21. The SMILES string of the molecule is COc1cc2nc(N)cc(Oc3ccc(NC(=O)CC(=O)Nc4ccc(F)cc4)cc3F)c2cc1OC.CS. The Balaban J connectivity index is 0.00000205. The van der Waals surface area contributed by atoms with Crippen LogP contribution in [0.15, 0.2) is 60.7 Å². The molecule has 0 aliphatic carbocycles. The molecule has 0 radical (unpaired) electrons. The maximum Gasteiger partial charge on any atom is 0.233 e. The summed E-state index contributed by atoms with van der Waals surface area (Å²) in [4.78, 5) is 28.5. The summed E-state index contributed by atoms with van der Waals surface area (Å²) >= 11 is 3.53. The molecule has 12 heteroatoms. The highest BCUT2D eigenvalue weighted by Crippen LogP contribution is 2.38. The van der Waals surface area contributed by atoms with E-state index in [-0.39, 0.29) is 23.0 Å². The summed E-state index contributed by atoms with van der Waals surface area (Å²) in [6.45, 7) is 0. The predicted molar refractivity (Wildman–Crippen MR) is 149 cm³/mol. The Morgan fingerprint density at radius 2 is 1.41 bits per heavy atom. The largest absolute Gasteiger partial charge is 0.493 e. The quantitative estimate of drug-likeness (QED) is 0.169. The number of nitrogen functional groups attached to an aromatic ring is 1. The van der Waals surface area contributed by atoms with Gasteiger partial charge in [-0.3, -0.25) is 9.59 Å². The Bertz CT molecular complexity index is 1490. The fourth-order valence-corrected chi connectivity index (χ4v) is 3.50. The molecule has 0 unspecified atom stereocenters. The van der Waals surface area contributed by atoms with Crippen LogP contribution in [0, 0.1) is 11.6 Å². The minimum Gasteiger partial charge on any atom is -0.493 e. The molecule has 1 aromatic heterocycles. The molecule has 0 saturated heterocycles. The number of amides is 2. The number of pyridine rings is 1. The molecule has 4 N–H and O–H groups in total. The van der Waals surface area contributed by atoms with Crippen molar-refractivity contribution in [2.45, 2.75) is 6.42 Å². The molecule has 0 aliphatic heterocycles. The monoisotopic (exact) mass is 556 g/mol. The first-order valence-electron chi connectivity index (χ1n) is 11.4. The maximum absolute atomic E-state index is 14.9. The fraction of sp³-hybridized carbons (Fsp3) is 0.148. The molecule has 0 bridgehead atoms. The number of anilines is 3. The number of methoxy groups -OCH3 is 2. The van der Waals surface area contributed by atoms with Gasteiger partial charge in [0.1, 0.15) is 23.8 Å². The molecule has 2 amide bonds. The number of hydrogen-bond donors (Lipinski definition) is 4. The van der Waals surface area contributed by atoms with Crippen LogP contribution in [0.25, 0.3) is 10.9 Å². The first-order chi connectivity index (χ1) is 18.7. The Hall–Kier alpha value is -4.58. The molecule has 0 spiro atoms. The topological polar surface area (TPSA) is 125 Å². The third-order valence-electron chi connectivity index (χ3n) is 5.18. The van der Waals surface area contributed by atoms with Crippen LogP contribution in [0.1, 0.15) is 6.42 Å². The van der Waals surface area contributed by atoms with Crippen molar-refractivity contribution in [1.29, 1.82) is 0 Å². The Morgan fingerprint density at radius 3 is 2.03 bits per heavy atom. The van der Waals surface area contributed by atoms with Gasteiger partial charge >= 0.3 is 0 Å². The highest BCUT2D eigenvalue weighted by Gasteiger charge is 2.16. The summed E-state index contributed by atoms with van der Waals surface area (Å²) in [5.41, 5.74) is 6.81. The van der Waals surface area contributed by atoms with E-state index >= 15 is 0 Å². The Kier molecular flexibility index (Phi) is 9.87. The lowest BCUT2D eigenvalue weighted by Gasteiger charge is -2.14. The molecule has 9 nitrogen and oxygen atoms in total. The molecule has 4 rings (SSSR count). The number of nitrogens with zero attached hydrogens (tertiary/aromatic N) is 1. The molecule has 4 aromatic rings. The van der Waals surface area contributed by atoms with Crippen LogP contribution in [-0.2, 0) is 9.59 Å². The number of ether oxygens (including phenoxy) is 3. The minimum absolute atomic E-state index is 0.120. The van der Waals surface area contributed by atoms with Gasteiger partial charge in [-0.25, -0.2) is 13.8 Å². The van der Waals surface area contributed by atoms with Crippen molar-refractivity contribution in [3.05, 3.63) is 72.3 Å². The fourth-order valence-electron chi connectivity index (χ4n) is 3.50. The predicted octanol–water partition coefficient (Wildman–Crippen LogP) is 5.42. The number of thiol groups is 1. The smallest absolute Gasteiger partial charge is 0.233 e. The summed E-state index contributed by atoms with van der Waals surface area (Å²) in [5.74, 6) is -1.38. The van der Waals surface area contributed by atoms with Gasteiger partial charge in [0, 0.05) is 35.0 Å². The molecule has 0 aliphatic rings. The van der Waals surface area contributed by atoms with Gasteiger partial charge in [0.15, 0.2) is 23.1 Å². The van der Waals surface area contributed by atoms with E-state index in [0.29, 0.717) is 28.1 Å². The number of rotatable bonds is 8. The van der Waals surface area contributed by atoms with E-state index in [4.69, 9.17) is 19.9 Å². The van der Waals surface area contributed by atoms with Gasteiger partial charge < -0.3 is 30.6 Å². The molecular weight excluding hydrogens is 530 g/mol. The standard InChI is InChI=1S/C26H22F2N4O5.CH4S/c1-35-22-10-17-19(11-23(22)36-2)32-24(29)12-21(17)37-20-8-7-16(9-18(20)28)31-26(34)13-25(33)30-15-5-3-14(27)4-6-15;1-2/h3-12H,13H2,1-2H3,(H2,29,32)(H,30,33)(H,31,34);2H,1H3. The second-order valence-corrected chi connectivity index (χ2v) is 7.80. The van der Waals surface area contributed by atoms with Gasteiger partial charge in [-0.05, 0) is 48.7 Å². The average molecular weight is 557 g/mol. The van der Waals surface area contributed by atoms with Crippen molar-refractivity contribution in [1.82, 2.24) is 4.98 Å². The zero-order valence-electron chi connectivity index (χ0n) is 21.2. The van der Waals surface area contributed by atoms with Gasteiger partial charge in [-0.15, -0.1) is 0 Å². The highest BCUT2D eigenvalue weighted by atomic mass is 32.1. The van der Waals surface area contributed by atoms with Gasteiger partial charge in [0.05, 0.1) is 19.7 Å². The van der Waals surface area contributed by atoms with E-state index in [1.807, 2.05) is 0 Å². The lowest BCUT2D eigenvalue weighted by atomic mass is 10.1. The van der Waals surface area contributed by atoms with Crippen LogP contribution in [0.4, 0.5) is 26.0 Å². The van der Waals surface area contributed by atoms with E-state index in [1.165, 1.54) is 56.7 Å². The van der Waals surface area contributed by atoms with E-state index < -0.39 is 29.9 Å². The van der Waals surface area contributed by atoms with E-state index in [9.17, 15) is 18.4 Å². The Morgan fingerprint density at radius 1 is 0.821 bits per heavy atom. The number of aromatic nitrogens is 1. The van der Waals surface area contributed by atoms with Gasteiger partial charge in [0.25, 0.3) is 0 Å². The molecule has 0 fully saturated rings. The second kappa shape index (κ2) is 13.3. The second-order valence-electron chi connectivity index (χ2n) is 7.80. The average Bonchev–Trinajstić information content (AvgIpc) is 2.91. The van der Waals surface area contributed by atoms with Crippen molar-refractivity contribution < 1.29 is 32.6 Å². The summed E-state index contributed by atoms with van der Waals surface area (Å²) in [5, 5.41) is 5.44. The van der Waals surface area contributed by atoms with Crippen molar-refractivity contribution in [2.75, 3.05) is 36.8 Å². The summed E-state index contributed by atoms with van der Waals surface area (Å²) in [6.07, 6.45) is 1.17. The van der Waals surface area contributed by atoms with Crippen LogP contribution in [-0.4, -0.2) is 37.3 Å². The number of hydrogen-bond acceptors (Lipinski definition) is 8. The summed E-state index contributed by atoms with van der Waals surface area (Å²) < 4.78 is 44.2. The zero-order chi connectivity index (χ0) is 28.5. The third-order valence-corrected chi connectivity index (χ3v) is 5.18. The normalized spacial score (nSPS) is 10.2. The van der Waals surface area contributed by atoms with Crippen molar-refractivity contribution in [3.63, 3.8) is 0 Å². The zero-order valence-corrected chi connectivity index (χ0v) is 22.1. The molecule has 1 heterocycles. The van der Waals surface area contributed by atoms with Crippen molar-refractivity contribution in [2.24, 2.45) is 0 Å². The number of fused-ring (bicyclic) bond motifs is 1. The summed E-state index contributed by atoms with van der Waals surface area (Å²) in [6, 6.07) is 13.6. The van der Waals surface area contributed by atoms with Crippen LogP contribution in [0.2, 0.25) is 0 Å². The van der Waals surface area contributed by atoms with Crippen LogP contribution < -0.4 is 30.6 Å². The van der Waals surface area contributed by atoms with E-state index in [2.05, 4.69) is 28.2 Å². The van der Waals surface area contributed by atoms with E-state index in [1.54, 1.807) is 18.4 Å². The maximum atomic E-state index is 14.9. The highest BCUT2D eigenvalue weighted by molar-refractivity contribution is 7.79. The van der Waals surface area contributed by atoms with Crippen molar-refractivity contribution >= 4 is 52.5 Å². The number of halogens is 2. The number of carbonyl (C=O) groups is 2. The Labute approximate surface area is 228 Å². The van der Waals surface area contributed by atoms with Gasteiger partial charge in [-0.2, -0.15) is 12.6 Å². The molecule has 204 valence electrons. The van der Waals surface area contributed by atoms with Crippen LogP contribution >= 0.6 is 12.6 Å². The number of nitrogens with one attached hydrogen (secondary N) is 2. The van der Waals surface area contributed by atoms with Gasteiger partial charge in [-0.1, -0.05) is 0 Å². The minimum atomic E-state index is -0.766. The van der Waals surface area contributed by atoms with Crippen molar-refractivity contribution in [3.8, 4) is 23.0 Å². The van der Waals surface area contributed by atoms with E-state index in [0.717, 1.165) is 6.07 Å². The third kappa shape index (κ3) is 7.48. The number of carbonyl (C=O) groups excluding carboxylic acids is 2. The molecule has 0 atom stereocenters.